The normalized spacial score (nSPS) is 11.9. The Hall–Kier alpha value is -6.42. The summed E-state index contributed by atoms with van der Waals surface area (Å²) in [5.74, 6) is 0. The molecule has 0 bridgehead atoms. The van der Waals surface area contributed by atoms with E-state index in [0.29, 0.717) is 0 Å². The Kier molecular flexibility index (Phi) is 6.16. The molecular weight excluding hydrogens is 637 g/mol. The van der Waals surface area contributed by atoms with E-state index in [2.05, 4.69) is 191 Å². The maximum atomic E-state index is 2.46. The van der Waals surface area contributed by atoms with Gasteiger partial charge in [0.2, 0.25) is 0 Å². The minimum atomic E-state index is 1.12. The summed E-state index contributed by atoms with van der Waals surface area (Å²) < 4.78 is 5.12. The number of benzene rings is 8. The highest BCUT2D eigenvalue weighted by atomic mass is 32.1. The highest BCUT2D eigenvalue weighted by Gasteiger charge is 2.20. The van der Waals surface area contributed by atoms with Crippen molar-refractivity contribution < 1.29 is 0 Å². The van der Waals surface area contributed by atoms with Gasteiger partial charge in [0, 0.05) is 58.8 Å². The summed E-state index contributed by atoms with van der Waals surface area (Å²) in [6.45, 7) is 0. The number of para-hydroxylation sites is 2. The van der Waals surface area contributed by atoms with Gasteiger partial charge in [-0.05, 0) is 82.9 Å². The second kappa shape index (κ2) is 11.0. The summed E-state index contributed by atoms with van der Waals surface area (Å²) in [6, 6.07) is 66.7. The van der Waals surface area contributed by atoms with Crippen molar-refractivity contribution in [3.05, 3.63) is 182 Å². The summed E-state index contributed by atoms with van der Waals surface area (Å²) in [4.78, 5) is 2.39. The van der Waals surface area contributed by atoms with E-state index in [0.717, 1.165) is 17.1 Å². The van der Waals surface area contributed by atoms with Gasteiger partial charge in [-0.2, -0.15) is 0 Å². The van der Waals surface area contributed by atoms with Gasteiger partial charge in [0.15, 0.2) is 0 Å². The predicted octanol–water partition coefficient (Wildman–Crippen LogP) is 14.0. The number of anilines is 3. The molecule has 0 N–H and O–H groups in total. The molecule has 0 spiro atoms. The lowest BCUT2D eigenvalue weighted by molar-refractivity contribution is 1.28. The van der Waals surface area contributed by atoms with Crippen molar-refractivity contribution in [2.45, 2.75) is 0 Å². The summed E-state index contributed by atoms with van der Waals surface area (Å²) in [6.07, 6.45) is 0. The standard InChI is InChI=1S/C48H30N2S/c1-2-9-31(10-3-1)32-17-22-35(23-18-32)49(36-24-19-33(20-25-36)34-21-28-47-43(29-34)40-12-5-7-16-46(40)51-47)37-26-27-39-42-14-8-13-41-38-11-4-6-15-44(38)50(48(41)42)45(39)30-37/h1-30H. The molecular formula is C48H30N2S. The smallest absolute Gasteiger partial charge is 0.0620 e. The molecule has 0 aliphatic carbocycles. The van der Waals surface area contributed by atoms with Crippen LogP contribution in [0.1, 0.15) is 0 Å². The second-order valence-corrected chi connectivity index (χ2v) is 14.4. The second-order valence-electron chi connectivity index (χ2n) is 13.4. The van der Waals surface area contributed by atoms with Crippen molar-refractivity contribution in [1.29, 1.82) is 0 Å². The van der Waals surface area contributed by atoms with Crippen LogP contribution in [0.15, 0.2) is 182 Å². The minimum Gasteiger partial charge on any atom is -0.310 e. The number of aromatic nitrogens is 1. The zero-order valence-electron chi connectivity index (χ0n) is 27.6. The minimum absolute atomic E-state index is 1.12. The van der Waals surface area contributed by atoms with Gasteiger partial charge in [0.25, 0.3) is 0 Å². The van der Waals surface area contributed by atoms with Crippen LogP contribution >= 0.6 is 11.3 Å². The lowest BCUT2D eigenvalue weighted by Gasteiger charge is -2.26. The van der Waals surface area contributed by atoms with Crippen LogP contribution in [0.4, 0.5) is 17.1 Å². The van der Waals surface area contributed by atoms with E-state index >= 15 is 0 Å². The van der Waals surface area contributed by atoms with Crippen LogP contribution in [-0.4, -0.2) is 4.40 Å². The Morgan fingerprint density at radius 1 is 0.333 bits per heavy atom. The molecule has 0 saturated heterocycles. The molecule has 2 nitrogen and oxygen atoms in total. The first-order chi connectivity index (χ1) is 25.3. The lowest BCUT2D eigenvalue weighted by Crippen LogP contribution is -2.10. The molecule has 0 aliphatic rings. The van der Waals surface area contributed by atoms with Gasteiger partial charge in [-0.15, -0.1) is 11.3 Å². The Balaban J connectivity index is 1.07. The molecule has 0 fully saturated rings. The number of hydrogen-bond acceptors (Lipinski definition) is 2. The van der Waals surface area contributed by atoms with Crippen LogP contribution in [0.5, 0.6) is 0 Å². The quantitative estimate of drug-likeness (QED) is 0.177. The van der Waals surface area contributed by atoms with Gasteiger partial charge in [-0.3, -0.25) is 0 Å². The SMILES string of the molecule is c1ccc(-c2ccc(N(c3ccc(-c4ccc5sc6ccccc6c5c4)cc3)c3ccc4c5cccc6c7ccccc7n(c4c3)c65)cc2)cc1. The zero-order valence-corrected chi connectivity index (χ0v) is 28.4. The largest absolute Gasteiger partial charge is 0.310 e. The molecule has 3 aromatic heterocycles. The van der Waals surface area contributed by atoms with E-state index in [4.69, 9.17) is 0 Å². The Morgan fingerprint density at radius 3 is 1.65 bits per heavy atom. The van der Waals surface area contributed by atoms with E-state index in [9.17, 15) is 0 Å². The first-order valence-corrected chi connectivity index (χ1v) is 18.2. The van der Waals surface area contributed by atoms with E-state index < -0.39 is 0 Å². The molecule has 0 aliphatic heterocycles. The van der Waals surface area contributed by atoms with Crippen molar-refractivity contribution in [3.8, 4) is 22.3 Å². The Labute approximate surface area is 299 Å². The molecule has 0 unspecified atom stereocenters. The fourth-order valence-electron chi connectivity index (χ4n) is 8.15. The van der Waals surface area contributed by atoms with E-state index in [-0.39, 0.29) is 0 Å². The maximum absolute atomic E-state index is 2.46. The highest BCUT2D eigenvalue weighted by molar-refractivity contribution is 7.25. The van der Waals surface area contributed by atoms with Crippen LogP contribution in [-0.2, 0) is 0 Å². The van der Waals surface area contributed by atoms with Gasteiger partial charge < -0.3 is 9.30 Å². The molecule has 238 valence electrons. The van der Waals surface area contributed by atoms with Crippen molar-refractivity contribution in [1.82, 2.24) is 4.40 Å². The van der Waals surface area contributed by atoms with Gasteiger partial charge in [0.05, 0.1) is 16.6 Å². The average molecular weight is 667 g/mol. The third-order valence-corrected chi connectivity index (χ3v) is 11.7. The number of fused-ring (bicyclic) bond motifs is 9. The van der Waals surface area contributed by atoms with Crippen molar-refractivity contribution in [3.63, 3.8) is 0 Å². The Bertz CT molecular complexity index is 3060. The van der Waals surface area contributed by atoms with Crippen molar-refractivity contribution in [2.24, 2.45) is 0 Å². The summed E-state index contributed by atoms with van der Waals surface area (Å²) in [5.41, 5.74) is 12.0. The molecule has 8 aromatic carbocycles. The predicted molar refractivity (Wildman–Crippen MR) is 220 cm³/mol. The van der Waals surface area contributed by atoms with Crippen LogP contribution in [0, 0.1) is 0 Å². The van der Waals surface area contributed by atoms with Gasteiger partial charge in [-0.25, -0.2) is 0 Å². The summed E-state index contributed by atoms with van der Waals surface area (Å²) in [7, 11) is 0. The van der Waals surface area contributed by atoms with Crippen molar-refractivity contribution >= 4 is 86.7 Å². The van der Waals surface area contributed by atoms with Crippen LogP contribution < -0.4 is 4.90 Å². The van der Waals surface area contributed by atoms with Crippen LogP contribution in [0.3, 0.4) is 0 Å². The molecule has 0 amide bonds. The average Bonchev–Trinajstić information content (AvgIpc) is 3.86. The molecule has 11 rings (SSSR count). The summed E-state index contributed by atoms with van der Waals surface area (Å²) in [5, 5.41) is 7.82. The van der Waals surface area contributed by atoms with Gasteiger partial charge in [-0.1, -0.05) is 121 Å². The topological polar surface area (TPSA) is 7.65 Å². The molecule has 51 heavy (non-hydrogen) atoms. The Morgan fingerprint density at radius 2 is 0.882 bits per heavy atom. The van der Waals surface area contributed by atoms with Gasteiger partial charge >= 0.3 is 0 Å². The first-order valence-electron chi connectivity index (χ1n) is 17.4. The highest BCUT2D eigenvalue weighted by Crippen LogP contribution is 2.43. The number of thiophene rings is 1. The monoisotopic (exact) mass is 666 g/mol. The van der Waals surface area contributed by atoms with E-state index in [1.807, 2.05) is 11.3 Å². The number of nitrogens with zero attached hydrogens (tertiary/aromatic N) is 2. The van der Waals surface area contributed by atoms with E-state index in [1.165, 1.54) is 80.5 Å². The molecule has 3 heterocycles. The fourth-order valence-corrected chi connectivity index (χ4v) is 9.23. The van der Waals surface area contributed by atoms with Crippen LogP contribution in [0.2, 0.25) is 0 Å². The third-order valence-electron chi connectivity index (χ3n) is 10.5. The maximum Gasteiger partial charge on any atom is 0.0620 e. The van der Waals surface area contributed by atoms with E-state index in [1.54, 1.807) is 0 Å². The molecule has 11 aromatic rings. The number of rotatable bonds is 5. The molecule has 0 radical (unpaired) electrons. The van der Waals surface area contributed by atoms with Crippen LogP contribution in [0.25, 0.3) is 80.5 Å². The van der Waals surface area contributed by atoms with Gasteiger partial charge in [0.1, 0.15) is 0 Å². The molecule has 3 heteroatoms. The van der Waals surface area contributed by atoms with Crippen molar-refractivity contribution in [2.75, 3.05) is 4.90 Å². The fraction of sp³-hybridized carbons (Fsp3) is 0. The zero-order chi connectivity index (χ0) is 33.5. The molecule has 0 atom stereocenters. The first kappa shape index (κ1) is 28.4. The lowest BCUT2D eigenvalue weighted by atomic mass is 10.0. The molecule has 0 saturated carbocycles. The third kappa shape index (κ3) is 4.35. The number of hydrogen-bond donors (Lipinski definition) is 0. The summed E-state index contributed by atoms with van der Waals surface area (Å²) >= 11 is 1.86.